The van der Waals surface area contributed by atoms with Gasteiger partial charge in [-0.3, -0.25) is 9.59 Å². The van der Waals surface area contributed by atoms with Gasteiger partial charge in [-0.25, -0.2) is 13.5 Å². The Hall–Kier alpha value is -3.24. The fourth-order valence-electron chi connectivity index (χ4n) is 5.79. The number of rotatable bonds is 7. The summed E-state index contributed by atoms with van der Waals surface area (Å²) in [5.41, 5.74) is 0.179. The van der Waals surface area contributed by atoms with Crippen LogP contribution in [0.25, 0.3) is 11.3 Å². The Balaban J connectivity index is 1.56. The number of nitrogens with zero attached hydrogens (tertiary/aromatic N) is 5. The van der Waals surface area contributed by atoms with E-state index >= 15 is 0 Å². The average Bonchev–Trinajstić information content (AvgIpc) is 3.62. The summed E-state index contributed by atoms with van der Waals surface area (Å²) in [6.45, 7) is 1.86. The van der Waals surface area contributed by atoms with Crippen molar-refractivity contribution in [3.8, 4) is 11.3 Å². The highest BCUT2D eigenvalue weighted by atomic mass is 35.5. The van der Waals surface area contributed by atoms with Crippen molar-refractivity contribution in [3.63, 3.8) is 0 Å². The number of hydrogen-bond donors (Lipinski definition) is 3. The van der Waals surface area contributed by atoms with Crippen molar-refractivity contribution in [2.24, 2.45) is 0 Å². The van der Waals surface area contributed by atoms with Gasteiger partial charge in [0, 0.05) is 54.0 Å². The van der Waals surface area contributed by atoms with Gasteiger partial charge in [-0.05, 0) is 37.3 Å². The van der Waals surface area contributed by atoms with Crippen molar-refractivity contribution < 1.29 is 43.2 Å². The van der Waals surface area contributed by atoms with Crippen molar-refractivity contribution in [1.82, 2.24) is 19.9 Å². The van der Waals surface area contributed by atoms with Gasteiger partial charge in [0.15, 0.2) is 6.10 Å². The molecular formula is C29H31Cl2F2N5O7. The number of β-amino-alcohol motifs (C(OH)–C–C–N with tert-alkyl or cyclic N) is 1. The van der Waals surface area contributed by atoms with Gasteiger partial charge in [0.05, 0.1) is 24.9 Å². The SMILES string of the molecule is CO[C@@H]1[C@@H](n2cc(-c3cc(F)c(C)c(F)c3)nn2)[C@@H](O)[C@@H](CO)O[C@H]1C(=O)N(c1cc(Cl)cc(Cl)c1)[C@@H]1CN(C(C)=O)C[C@H]1O. The molecule has 3 aromatic rings. The molecule has 12 nitrogen and oxygen atoms in total. The number of aliphatic hydroxyl groups excluding tert-OH is 3. The molecule has 2 aliphatic heterocycles. The smallest absolute Gasteiger partial charge is 0.259 e. The van der Waals surface area contributed by atoms with Crippen LogP contribution in [0.5, 0.6) is 0 Å². The van der Waals surface area contributed by atoms with Crippen LogP contribution in [0.3, 0.4) is 0 Å². The first kappa shape index (κ1) is 33.1. The van der Waals surface area contributed by atoms with E-state index in [0.29, 0.717) is 0 Å². The van der Waals surface area contributed by atoms with Crippen molar-refractivity contribution in [2.45, 2.75) is 56.5 Å². The van der Waals surface area contributed by atoms with E-state index in [9.17, 15) is 33.7 Å². The minimum absolute atomic E-state index is 0.0255. The van der Waals surface area contributed by atoms with E-state index in [0.717, 1.165) is 12.1 Å². The van der Waals surface area contributed by atoms with Gasteiger partial charge in [0.25, 0.3) is 5.91 Å². The summed E-state index contributed by atoms with van der Waals surface area (Å²) in [6.07, 6.45) is -5.42. The predicted octanol–water partition coefficient (Wildman–Crippen LogP) is 2.14. The van der Waals surface area contributed by atoms with Gasteiger partial charge in [0.2, 0.25) is 5.91 Å². The molecule has 0 bridgehead atoms. The third kappa shape index (κ3) is 6.41. The summed E-state index contributed by atoms with van der Waals surface area (Å²) in [6, 6.07) is 4.41. The van der Waals surface area contributed by atoms with Crippen LogP contribution in [0.1, 0.15) is 18.5 Å². The number of carbonyl (C=O) groups excluding carboxylic acids is 2. The van der Waals surface area contributed by atoms with Gasteiger partial charge in [-0.1, -0.05) is 28.4 Å². The molecular weight excluding hydrogens is 639 g/mol. The third-order valence-electron chi connectivity index (χ3n) is 8.17. The number of ether oxygens (including phenoxy) is 2. The van der Waals surface area contributed by atoms with Gasteiger partial charge < -0.3 is 34.6 Å². The molecule has 0 saturated carbocycles. The summed E-state index contributed by atoms with van der Waals surface area (Å²) >= 11 is 12.5. The Bertz CT molecular complexity index is 1550. The van der Waals surface area contributed by atoms with Crippen molar-refractivity contribution in [1.29, 1.82) is 0 Å². The van der Waals surface area contributed by atoms with Crippen LogP contribution < -0.4 is 4.90 Å². The molecule has 45 heavy (non-hydrogen) atoms. The zero-order chi connectivity index (χ0) is 32.7. The lowest BCUT2D eigenvalue weighted by Gasteiger charge is -2.45. The molecule has 7 atom stereocenters. The molecule has 2 aromatic carbocycles. The van der Waals surface area contributed by atoms with Crippen LogP contribution in [0.4, 0.5) is 14.5 Å². The average molecular weight is 670 g/mol. The molecule has 0 aliphatic carbocycles. The van der Waals surface area contributed by atoms with Crippen LogP contribution in [-0.4, -0.2) is 110 Å². The molecule has 16 heteroatoms. The first-order valence-corrected chi connectivity index (χ1v) is 14.7. The number of hydrogen-bond acceptors (Lipinski definition) is 9. The highest BCUT2D eigenvalue weighted by Crippen LogP contribution is 2.37. The molecule has 5 rings (SSSR count). The Morgan fingerprint density at radius 2 is 1.76 bits per heavy atom. The van der Waals surface area contributed by atoms with Crippen molar-refractivity contribution in [2.75, 3.05) is 31.7 Å². The minimum atomic E-state index is -1.52. The molecule has 242 valence electrons. The minimum Gasteiger partial charge on any atom is -0.394 e. The molecule has 0 spiro atoms. The summed E-state index contributed by atoms with van der Waals surface area (Å²) in [5, 5.41) is 40.8. The van der Waals surface area contributed by atoms with Gasteiger partial charge in [-0.2, -0.15) is 0 Å². The molecule has 2 saturated heterocycles. The van der Waals surface area contributed by atoms with E-state index in [-0.39, 0.29) is 51.6 Å². The standard InChI is InChI=1S/C29H31Cl2F2N5O7/c1-13-19(32)4-15(5-20(13)33)21-9-37(35-34-21)25-26(42)24(12-39)45-28(27(25)44-3)29(43)38(18-7-16(30)6-17(31)8-18)22-10-36(14(2)40)11-23(22)41/h4-9,22-28,39,41-42H,10-12H2,1-3H3/t22-,23-,24-,25+,26+,27-,28-/m1/s1. The van der Waals surface area contributed by atoms with Crippen molar-refractivity contribution >= 4 is 40.7 Å². The van der Waals surface area contributed by atoms with Crippen LogP contribution in [0.15, 0.2) is 36.5 Å². The van der Waals surface area contributed by atoms with Crippen molar-refractivity contribution in [3.05, 3.63) is 63.8 Å². The Morgan fingerprint density at radius 3 is 2.31 bits per heavy atom. The molecule has 3 N–H and O–H groups in total. The van der Waals surface area contributed by atoms with E-state index in [1.54, 1.807) is 0 Å². The molecule has 2 fully saturated rings. The number of benzene rings is 2. The molecule has 0 radical (unpaired) electrons. The summed E-state index contributed by atoms with van der Waals surface area (Å²) in [4.78, 5) is 29.3. The maximum atomic E-state index is 14.5. The first-order valence-electron chi connectivity index (χ1n) is 13.9. The second-order valence-electron chi connectivity index (χ2n) is 11.0. The lowest BCUT2D eigenvalue weighted by Crippen LogP contribution is -2.63. The maximum absolute atomic E-state index is 14.5. The second-order valence-corrected chi connectivity index (χ2v) is 11.9. The van der Waals surface area contributed by atoms with E-state index < -0.39 is 66.8 Å². The highest BCUT2D eigenvalue weighted by Gasteiger charge is 2.52. The molecule has 2 aliphatic rings. The lowest BCUT2D eigenvalue weighted by molar-refractivity contribution is -0.211. The number of amides is 2. The summed E-state index contributed by atoms with van der Waals surface area (Å²) in [5.74, 6) is -2.64. The van der Waals surface area contributed by atoms with E-state index in [4.69, 9.17) is 32.7 Å². The number of carbonyl (C=O) groups is 2. The quantitative estimate of drug-likeness (QED) is 0.344. The number of aromatic nitrogens is 3. The maximum Gasteiger partial charge on any atom is 0.259 e. The highest BCUT2D eigenvalue weighted by molar-refractivity contribution is 6.35. The van der Waals surface area contributed by atoms with Crippen LogP contribution in [0.2, 0.25) is 10.0 Å². The molecule has 1 aromatic heterocycles. The molecule has 0 unspecified atom stereocenters. The third-order valence-corrected chi connectivity index (χ3v) is 8.61. The fourth-order valence-corrected chi connectivity index (χ4v) is 6.30. The van der Waals surface area contributed by atoms with E-state index in [2.05, 4.69) is 10.3 Å². The number of anilines is 1. The normalized spacial score (nSPS) is 26.7. The summed E-state index contributed by atoms with van der Waals surface area (Å²) < 4.78 is 41.4. The van der Waals surface area contributed by atoms with Crippen LogP contribution in [0, 0.1) is 18.6 Å². The van der Waals surface area contributed by atoms with Crippen LogP contribution >= 0.6 is 23.2 Å². The summed E-state index contributed by atoms with van der Waals surface area (Å²) in [7, 11) is 1.28. The zero-order valence-electron chi connectivity index (χ0n) is 24.3. The fraction of sp³-hybridized carbons (Fsp3) is 0.448. The van der Waals surface area contributed by atoms with E-state index in [1.807, 2.05) is 0 Å². The molecule has 3 heterocycles. The van der Waals surface area contributed by atoms with Gasteiger partial charge >= 0.3 is 0 Å². The number of methoxy groups -OCH3 is 1. The second kappa shape index (κ2) is 13.2. The molecule has 2 amide bonds. The lowest BCUT2D eigenvalue weighted by atomic mass is 9.91. The topological polar surface area (TPSA) is 150 Å². The Labute approximate surface area is 266 Å². The van der Waals surface area contributed by atoms with E-state index in [1.165, 1.54) is 59.8 Å². The van der Waals surface area contributed by atoms with Crippen LogP contribution in [-0.2, 0) is 19.1 Å². The van der Waals surface area contributed by atoms with Gasteiger partial charge in [0.1, 0.15) is 41.7 Å². The zero-order valence-corrected chi connectivity index (χ0v) is 25.9. The monoisotopic (exact) mass is 669 g/mol. The Morgan fingerprint density at radius 1 is 1.11 bits per heavy atom. The Kier molecular flexibility index (Phi) is 9.75. The largest absolute Gasteiger partial charge is 0.394 e. The number of halogens is 4. The van der Waals surface area contributed by atoms with Gasteiger partial charge in [-0.15, -0.1) is 5.10 Å². The predicted molar refractivity (Wildman–Crippen MR) is 158 cm³/mol. The number of aliphatic hydroxyl groups is 3. The number of likely N-dealkylation sites (tertiary alicyclic amines) is 1. The first-order chi connectivity index (χ1) is 21.3.